The number of benzene rings is 1. The van der Waals surface area contributed by atoms with E-state index in [0.29, 0.717) is 112 Å². The summed E-state index contributed by atoms with van der Waals surface area (Å²) in [6.07, 6.45) is 20.2. The summed E-state index contributed by atoms with van der Waals surface area (Å²) >= 11 is 1.66. The zero-order chi connectivity index (χ0) is 86.6. The van der Waals surface area contributed by atoms with Gasteiger partial charge in [-0.3, -0.25) is 15.0 Å². The van der Waals surface area contributed by atoms with Crippen LogP contribution < -0.4 is 64.7 Å². The van der Waals surface area contributed by atoms with Crippen molar-refractivity contribution >= 4 is 125 Å². The Morgan fingerprint density at radius 3 is 1.37 bits per heavy atom. The molecule has 124 heavy (non-hydrogen) atoms. The van der Waals surface area contributed by atoms with Crippen LogP contribution in [0.15, 0.2) is 185 Å². The van der Waals surface area contributed by atoms with Crippen molar-refractivity contribution in [2.24, 2.45) is 0 Å². The smallest absolute Gasteiger partial charge is 0.235 e. The second-order valence-electron chi connectivity index (χ2n) is 27.9. The third-order valence-electron chi connectivity index (χ3n) is 18.7. The van der Waals surface area contributed by atoms with Crippen molar-refractivity contribution in [2.45, 2.75) is 99.6 Å². The van der Waals surface area contributed by atoms with E-state index in [4.69, 9.17) is 60.9 Å². The predicted octanol–water partition coefficient (Wildman–Crippen LogP) is 11.1. The lowest BCUT2D eigenvalue weighted by atomic mass is 10.2. The number of nitrogens with two attached hydrogens (primary N) is 5. The minimum absolute atomic E-state index is 0.128. The quantitative estimate of drug-likeness (QED) is 0.0208. The fraction of sp³-hybridized carbons (Fsp3) is 0.253. The fourth-order valence-corrected chi connectivity index (χ4v) is 14.1. The van der Waals surface area contributed by atoms with Gasteiger partial charge >= 0.3 is 0 Å². The molecule has 17 aromatic heterocycles. The van der Waals surface area contributed by atoms with Gasteiger partial charge in [0.25, 0.3) is 0 Å². The number of rotatable bonds is 29. The maximum atomic E-state index is 5.90. The van der Waals surface area contributed by atoms with E-state index in [-0.39, 0.29) is 35.8 Å². The third kappa shape index (κ3) is 21.5. The first-order valence-corrected chi connectivity index (χ1v) is 39.9. The number of thiazole rings is 1. The van der Waals surface area contributed by atoms with Gasteiger partial charge in [-0.25, -0.2) is 39.9 Å². The number of nitrogens with zero attached hydrogens (tertiary/aromatic N) is 23. The van der Waals surface area contributed by atoms with E-state index in [1.807, 2.05) is 182 Å². The molecular formula is C83H93N33O7S. The van der Waals surface area contributed by atoms with Crippen molar-refractivity contribution in [2.75, 3.05) is 96.9 Å². The summed E-state index contributed by atoms with van der Waals surface area (Å²) in [7, 11) is 6.66. The van der Waals surface area contributed by atoms with Gasteiger partial charge in [0.2, 0.25) is 53.3 Å². The molecule has 18 rings (SSSR count). The van der Waals surface area contributed by atoms with Crippen LogP contribution in [0.5, 0.6) is 11.5 Å². The molecule has 0 saturated heterocycles. The van der Waals surface area contributed by atoms with Crippen molar-refractivity contribution in [3.63, 3.8) is 0 Å². The highest BCUT2D eigenvalue weighted by molar-refractivity contribution is 7.11. The summed E-state index contributed by atoms with van der Waals surface area (Å²) in [6.45, 7) is 15.6. The highest BCUT2D eigenvalue weighted by Gasteiger charge is 2.21. The maximum Gasteiger partial charge on any atom is 0.235 e. The number of nitrogens with one attached hydrogen (secondary N) is 5. The third-order valence-corrected chi connectivity index (χ3v) is 19.6. The van der Waals surface area contributed by atoms with E-state index in [1.54, 1.807) is 77.8 Å². The fourth-order valence-electron chi connectivity index (χ4n) is 13.4. The number of aromatic nitrogens is 23. The van der Waals surface area contributed by atoms with Crippen molar-refractivity contribution in [3.05, 3.63) is 239 Å². The molecular weight excluding hydrogens is 1600 g/mol. The Morgan fingerprint density at radius 1 is 0.427 bits per heavy atom. The second kappa shape index (κ2) is 40.0. The number of para-hydroxylation sites is 1. The van der Waals surface area contributed by atoms with Crippen LogP contribution >= 0.6 is 11.3 Å². The summed E-state index contributed by atoms with van der Waals surface area (Å²) in [5.74, 6) is 8.87. The predicted molar refractivity (Wildman–Crippen MR) is 473 cm³/mol. The number of anilines is 10. The Labute approximate surface area is 713 Å². The van der Waals surface area contributed by atoms with Crippen molar-refractivity contribution in [3.8, 4) is 11.5 Å². The standard InChI is InChI=1S/C19H20N6OS.C18H19N7O2.C17H17N7O.C16H16N8O.C13H21N5O2/c1-12-9-21-16(27-12)10-22-18-17-14(23-19(20)24-18)7-8-25(17)11-13-5-3-4-6-15(13)26-2;1-11-8-21-15(27-11)9-22-17-16-12(23-18(19)24-17)5-7-25(16)10-13-14(26-2)4-3-6-20-13;1-11-10-25-14(21-11)8-20-16-15-13(22-17(18)23-16)5-7-24(15)9-12-4-2-3-6-19-12;1-10-22-23-13(25-10)8-19-15-14-12(20-16(17)21-15)5-7-24(14)9-11-4-2-3-6-18-11;1-9(8-20-3)15-12-11-10(16-13(14)17-12)4-5-18(11)6-7-19-2/h3-9H,10-11H2,1-2H3,(H3,20,22,23,24);3-8H,9-10H2,1-2H3,(H3,19,22,23,24);2-7,10H,8-9H2,1H3,(H3,18,20,22,23);2-7H,8-9H2,1H3,(H3,17,19,20,21);4-5,9H,6-8H2,1-3H3,(H3,14,15,16,17). The minimum atomic E-state index is 0.128. The molecule has 1 atom stereocenters. The lowest BCUT2D eigenvalue weighted by molar-refractivity contribution is 0.188. The molecule has 0 bridgehead atoms. The SMILES string of the molecule is COCCn1ccc2nc(N)nc(NC(C)COC)c21.COc1ccccc1Cn1ccc2nc(N)nc(NCc3ncc(C)s3)c21.COc1cccnc1Cn1ccc2nc(N)nc(NCc3ncc(C)o3)c21.Cc1coc(CNc2nc(N)nc3ccn(Cc4ccccn4)c23)n1.Cc1nnc(CNc2nc(N)nc3ccn(Cc4ccccn4)c23)o1. The number of oxazole rings is 2. The molecule has 0 spiro atoms. The van der Waals surface area contributed by atoms with Crippen LogP contribution in [0, 0.1) is 27.7 Å². The summed E-state index contributed by atoms with van der Waals surface area (Å²) < 4.78 is 47.6. The maximum absolute atomic E-state index is 5.90. The van der Waals surface area contributed by atoms with Crippen LogP contribution in [0.1, 0.15) is 74.5 Å². The first-order chi connectivity index (χ1) is 60.3. The van der Waals surface area contributed by atoms with Gasteiger partial charge in [0.05, 0.1) is 131 Å². The molecule has 638 valence electrons. The minimum Gasteiger partial charge on any atom is -0.496 e. The largest absolute Gasteiger partial charge is 0.496 e. The summed E-state index contributed by atoms with van der Waals surface area (Å²) in [5, 5.41) is 25.1. The molecule has 17 heterocycles. The molecule has 0 radical (unpaired) electrons. The van der Waals surface area contributed by atoms with Gasteiger partial charge in [-0.1, -0.05) is 30.3 Å². The summed E-state index contributed by atoms with van der Waals surface area (Å²) in [4.78, 5) is 70.5. The van der Waals surface area contributed by atoms with Gasteiger partial charge in [0, 0.05) is 99.9 Å². The number of fused-ring (bicyclic) bond motifs is 5. The van der Waals surface area contributed by atoms with Gasteiger partial charge in [-0.2, -0.15) is 24.9 Å². The van der Waals surface area contributed by atoms with Crippen LogP contribution in [0.4, 0.5) is 58.8 Å². The molecule has 0 aliphatic heterocycles. The topological polar surface area (TPSA) is 523 Å². The molecule has 1 aromatic carbocycles. The molecule has 0 aliphatic rings. The number of aryl methyl sites for hydroxylation is 4. The van der Waals surface area contributed by atoms with E-state index in [2.05, 4.69) is 126 Å². The second-order valence-corrected chi connectivity index (χ2v) is 29.3. The first kappa shape index (κ1) is 84.9. The van der Waals surface area contributed by atoms with Crippen LogP contribution in [-0.4, -0.2) is 160 Å². The molecule has 40 nitrogen and oxygen atoms in total. The van der Waals surface area contributed by atoms with Crippen LogP contribution in [0.2, 0.25) is 0 Å². The molecule has 18 aromatic rings. The van der Waals surface area contributed by atoms with E-state index in [9.17, 15) is 0 Å². The van der Waals surface area contributed by atoms with Gasteiger partial charge in [-0.15, -0.1) is 21.5 Å². The average molecular weight is 1700 g/mol. The van der Waals surface area contributed by atoms with Gasteiger partial charge in [-0.05, 0) is 100 Å². The van der Waals surface area contributed by atoms with E-state index in [0.717, 1.165) is 118 Å². The van der Waals surface area contributed by atoms with E-state index >= 15 is 0 Å². The van der Waals surface area contributed by atoms with Gasteiger partial charge in [0.1, 0.15) is 61.8 Å². The highest BCUT2D eigenvalue weighted by Crippen LogP contribution is 2.32. The van der Waals surface area contributed by atoms with Crippen molar-refractivity contribution < 1.29 is 32.2 Å². The molecule has 0 saturated carbocycles. The lowest BCUT2D eigenvalue weighted by Gasteiger charge is -2.16. The van der Waals surface area contributed by atoms with Crippen molar-refractivity contribution in [1.82, 2.24) is 113 Å². The number of nitrogen functional groups attached to an aromatic ring is 5. The number of hydrogen-bond donors (Lipinski definition) is 10. The summed E-state index contributed by atoms with van der Waals surface area (Å²) in [5.41, 5.74) is 42.0. The highest BCUT2D eigenvalue weighted by atomic mass is 32.1. The molecule has 0 aliphatic carbocycles. The molecule has 41 heteroatoms. The normalized spacial score (nSPS) is 11.3. The van der Waals surface area contributed by atoms with Crippen LogP contribution in [-0.2, 0) is 68.4 Å². The monoisotopic (exact) mass is 1700 g/mol. The Bertz CT molecular complexity index is 6210. The Balaban J connectivity index is 0.000000127. The summed E-state index contributed by atoms with van der Waals surface area (Å²) in [6, 6.07) is 33.1. The Kier molecular flexibility index (Phi) is 27.4. The Hall–Kier alpha value is -15.5. The van der Waals surface area contributed by atoms with E-state index in [1.165, 1.54) is 4.88 Å². The van der Waals surface area contributed by atoms with Gasteiger partial charge in [0.15, 0.2) is 29.1 Å². The number of pyridine rings is 3. The molecule has 0 amide bonds. The van der Waals surface area contributed by atoms with E-state index < -0.39 is 0 Å². The zero-order valence-electron chi connectivity index (χ0n) is 69.5. The van der Waals surface area contributed by atoms with Crippen LogP contribution in [0.25, 0.3) is 55.2 Å². The van der Waals surface area contributed by atoms with Crippen LogP contribution in [0.3, 0.4) is 0 Å². The van der Waals surface area contributed by atoms with Gasteiger partial charge < -0.3 is 110 Å². The molecule has 15 N–H and O–H groups in total. The number of hydrogen-bond acceptors (Lipinski definition) is 36. The Morgan fingerprint density at radius 2 is 0.903 bits per heavy atom. The zero-order valence-corrected chi connectivity index (χ0v) is 70.3. The number of methoxy groups -OCH3 is 4. The van der Waals surface area contributed by atoms with Crippen molar-refractivity contribution in [1.29, 1.82) is 0 Å². The molecule has 1 unspecified atom stereocenters. The lowest BCUT2D eigenvalue weighted by Crippen LogP contribution is -2.22. The first-order valence-electron chi connectivity index (χ1n) is 39.0. The number of ether oxygens (including phenoxy) is 4. The average Bonchev–Trinajstić information content (AvgIpc) is 1.66. The molecule has 0 fully saturated rings.